The van der Waals surface area contributed by atoms with Gasteiger partial charge in [-0.15, -0.1) is 0 Å². The second-order valence-electron chi connectivity index (χ2n) is 5.64. The zero-order valence-corrected chi connectivity index (χ0v) is 12.2. The van der Waals surface area contributed by atoms with Crippen LogP contribution in [-0.4, -0.2) is 36.7 Å². The molecule has 1 aromatic carbocycles. The van der Waals surface area contributed by atoms with Gasteiger partial charge in [0.1, 0.15) is 0 Å². The molecule has 0 radical (unpaired) electrons. The minimum Gasteiger partial charge on any atom is -0.374 e. The molecule has 0 saturated carbocycles. The van der Waals surface area contributed by atoms with Crippen molar-refractivity contribution < 1.29 is 17.9 Å². The van der Waals surface area contributed by atoms with Crippen molar-refractivity contribution in [3.05, 3.63) is 35.4 Å². The number of nitrogens with zero attached hydrogens (tertiary/aromatic N) is 1. The summed E-state index contributed by atoms with van der Waals surface area (Å²) in [5, 5.41) is 0. The van der Waals surface area contributed by atoms with Crippen LogP contribution in [0.5, 0.6) is 0 Å². The summed E-state index contributed by atoms with van der Waals surface area (Å²) in [6.07, 6.45) is -4.52. The molecular weight excluding hydrogens is 281 g/mol. The number of hydrogen-bond donors (Lipinski definition) is 1. The maximum Gasteiger partial charge on any atom is 0.416 e. The minimum atomic E-state index is -4.32. The van der Waals surface area contributed by atoms with Gasteiger partial charge in [0.15, 0.2) is 0 Å². The van der Waals surface area contributed by atoms with Crippen LogP contribution in [0.25, 0.3) is 0 Å². The summed E-state index contributed by atoms with van der Waals surface area (Å²) in [7, 11) is 0. The lowest BCUT2D eigenvalue weighted by molar-refractivity contribution is -0.137. The highest BCUT2D eigenvalue weighted by atomic mass is 19.4. The molecule has 1 fully saturated rings. The molecule has 2 N–H and O–H groups in total. The van der Waals surface area contributed by atoms with Gasteiger partial charge in [-0.05, 0) is 31.5 Å². The third kappa shape index (κ3) is 3.96. The Balaban J connectivity index is 2.07. The summed E-state index contributed by atoms with van der Waals surface area (Å²) in [4.78, 5) is 2.26. The smallest absolute Gasteiger partial charge is 0.374 e. The maximum absolute atomic E-state index is 12.6. The average Bonchev–Trinajstić information content (AvgIpc) is 2.46. The van der Waals surface area contributed by atoms with Gasteiger partial charge in [-0.2, -0.15) is 13.2 Å². The molecule has 1 aliphatic rings. The number of hydrogen-bond acceptors (Lipinski definition) is 3. The fourth-order valence-corrected chi connectivity index (χ4v) is 2.49. The van der Waals surface area contributed by atoms with E-state index in [1.165, 1.54) is 12.1 Å². The summed E-state index contributed by atoms with van der Waals surface area (Å²) in [6, 6.07) is 4.98. The first-order valence-corrected chi connectivity index (χ1v) is 7.07. The summed E-state index contributed by atoms with van der Waals surface area (Å²) >= 11 is 0. The van der Waals surface area contributed by atoms with Crippen LogP contribution in [0.3, 0.4) is 0 Å². The molecule has 3 nitrogen and oxygen atoms in total. The molecule has 0 aliphatic carbocycles. The monoisotopic (exact) mass is 302 g/mol. The zero-order chi connectivity index (χ0) is 15.6. The van der Waals surface area contributed by atoms with Crippen LogP contribution < -0.4 is 5.73 Å². The molecule has 0 bridgehead atoms. The first kappa shape index (κ1) is 16.3. The number of halogens is 3. The Kier molecular flexibility index (Phi) is 4.91. The fourth-order valence-electron chi connectivity index (χ4n) is 2.49. The van der Waals surface area contributed by atoms with Crippen LogP contribution in [0, 0.1) is 0 Å². The highest BCUT2D eigenvalue weighted by Gasteiger charge is 2.31. The summed E-state index contributed by atoms with van der Waals surface area (Å²) in [6.45, 7) is 6.35. The van der Waals surface area contributed by atoms with Crippen molar-refractivity contribution >= 4 is 0 Å². The number of nitrogens with two attached hydrogens (primary N) is 1. The van der Waals surface area contributed by atoms with Crippen molar-refractivity contribution in [2.75, 3.05) is 19.7 Å². The van der Waals surface area contributed by atoms with E-state index in [-0.39, 0.29) is 6.10 Å². The molecule has 1 heterocycles. The third-order valence-electron chi connectivity index (χ3n) is 3.88. The van der Waals surface area contributed by atoms with Gasteiger partial charge in [0, 0.05) is 19.1 Å². The van der Waals surface area contributed by atoms with E-state index < -0.39 is 17.8 Å². The van der Waals surface area contributed by atoms with Crippen LogP contribution >= 0.6 is 0 Å². The Hall–Kier alpha value is -1.11. The molecule has 0 amide bonds. The molecule has 1 aromatic rings. The van der Waals surface area contributed by atoms with Gasteiger partial charge in [0.25, 0.3) is 0 Å². The molecule has 6 heteroatoms. The van der Waals surface area contributed by atoms with Crippen LogP contribution in [0.4, 0.5) is 13.2 Å². The van der Waals surface area contributed by atoms with Crippen molar-refractivity contribution in [1.82, 2.24) is 4.90 Å². The molecule has 2 unspecified atom stereocenters. The molecule has 0 aromatic heterocycles. The van der Waals surface area contributed by atoms with Gasteiger partial charge < -0.3 is 10.5 Å². The van der Waals surface area contributed by atoms with E-state index in [0.717, 1.165) is 18.7 Å². The molecule has 0 spiro atoms. The average molecular weight is 302 g/mol. The SMILES string of the molecule is CC(C)N1CCOC(C(N)c2ccc(C(F)(F)F)cc2)C1. The van der Waals surface area contributed by atoms with E-state index in [1.807, 2.05) is 0 Å². The molecule has 21 heavy (non-hydrogen) atoms. The summed E-state index contributed by atoms with van der Waals surface area (Å²) < 4.78 is 43.3. The highest BCUT2D eigenvalue weighted by molar-refractivity contribution is 5.27. The summed E-state index contributed by atoms with van der Waals surface area (Å²) in [5.74, 6) is 0. The van der Waals surface area contributed by atoms with Crippen molar-refractivity contribution in [3.63, 3.8) is 0 Å². The molecule has 2 rings (SSSR count). The van der Waals surface area contributed by atoms with E-state index in [2.05, 4.69) is 18.7 Å². The van der Waals surface area contributed by atoms with E-state index in [4.69, 9.17) is 10.5 Å². The van der Waals surface area contributed by atoms with Gasteiger partial charge >= 0.3 is 6.18 Å². The topological polar surface area (TPSA) is 38.5 Å². The van der Waals surface area contributed by atoms with E-state index in [0.29, 0.717) is 24.8 Å². The number of ether oxygens (including phenoxy) is 1. The highest BCUT2D eigenvalue weighted by Crippen LogP contribution is 2.30. The number of morpholine rings is 1. The second kappa shape index (κ2) is 6.34. The van der Waals surface area contributed by atoms with E-state index in [9.17, 15) is 13.2 Å². The van der Waals surface area contributed by atoms with Gasteiger partial charge in [-0.1, -0.05) is 12.1 Å². The van der Waals surface area contributed by atoms with Crippen molar-refractivity contribution in [2.45, 2.75) is 38.2 Å². The third-order valence-corrected chi connectivity index (χ3v) is 3.88. The minimum absolute atomic E-state index is 0.196. The number of alkyl halides is 3. The number of benzene rings is 1. The van der Waals surface area contributed by atoms with Gasteiger partial charge in [-0.3, -0.25) is 4.90 Å². The van der Waals surface area contributed by atoms with Gasteiger partial charge in [0.05, 0.1) is 24.3 Å². The fraction of sp³-hybridized carbons (Fsp3) is 0.600. The lowest BCUT2D eigenvalue weighted by Gasteiger charge is -2.38. The summed E-state index contributed by atoms with van der Waals surface area (Å²) in [5.41, 5.74) is 6.16. The Bertz CT molecular complexity index is 459. The lowest BCUT2D eigenvalue weighted by Crippen LogP contribution is -2.49. The van der Waals surface area contributed by atoms with E-state index in [1.54, 1.807) is 0 Å². The van der Waals surface area contributed by atoms with E-state index >= 15 is 0 Å². The lowest BCUT2D eigenvalue weighted by atomic mass is 9.99. The van der Waals surface area contributed by atoms with Crippen molar-refractivity contribution in [2.24, 2.45) is 5.73 Å². The van der Waals surface area contributed by atoms with Gasteiger partial charge in [-0.25, -0.2) is 0 Å². The van der Waals surface area contributed by atoms with Crippen LogP contribution in [-0.2, 0) is 10.9 Å². The molecule has 2 atom stereocenters. The number of rotatable bonds is 3. The van der Waals surface area contributed by atoms with Crippen molar-refractivity contribution in [3.8, 4) is 0 Å². The first-order chi connectivity index (χ1) is 9.79. The Morgan fingerprint density at radius 3 is 2.38 bits per heavy atom. The predicted octanol–water partition coefficient (Wildman–Crippen LogP) is 2.81. The molecule has 118 valence electrons. The van der Waals surface area contributed by atoms with Crippen molar-refractivity contribution in [1.29, 1.82) is 0 Å². The molecule has 1 aliphatic heterocycles. The largest absolute Gasteiger partial charge is 0.416 e. The van der Waals surface area contributed by atoms with Crippen LogP contribution in [0.1, 0.15) is 31.0 Å². The van der Waals surface area contributed by atoms with Gasteiger partial charge in [0.2, 0.25) is 0 Å². The van der Waals surface area contributed by atoms with Crippen LogP contribution in [0.2, 0.25) is 0 Å². The predicted molar refractivity (Wildman–Crippen MR) is 74.8 cm³/mol. The zero-order valence-electron chi connectivity index (χ0n) is 12.2. The standard InChI is InChI=1S/C15H21F3N2O/c1-10(2)20-7-8-21-13(9-20)14(19)11-3-5-12(6-4-11)15(16,17)18/h3-6,10,13-14H,7-9,19H2,1-2H3. The first-order valence-electron chi connectivity index (χ1n) is 7.07. The molecule has 1 saturated heterocycles. The normalized spacial score (nSPS) is 22.5. The second-order valence-corrected chi connectivity index (χ2v) is 5.64. The quantitative estimate of drug-likeness (QED) is 0.933. The Morgan fingerprint density at radius 2 is 1.86 bits per heavy atom. The van der Waals surface area contributed by atoms with Crippen LogP contribution in [0.15, 0.2) is 24.3 Å². The Morgan fingerprint density at radius 1 is 1.24 bits per heavy atom. The maximum atomic E-state index is 12.6. The molecular formula is C15H21F3N2O. The Labute approximate surface area is 122 Å².